The van der Waals surface area contributed by atoms with E-state index in [0.29, 0.717) is 11.8 Å². The molecule has 2 N–H and O–H groups in total. The normalized spacial score (nSPS) is 41.7. The lowest BCUT2D eigenvalue weighted by Crippen LogP contribution is -2.58. The van der Waals surface area contributed by atoms with Gasteiger partial charge in [-0.05, 0) is 51.0 Å². The molecule has 3 unspecified atom stereocenters. The Morgan fingerprint density at radius 1 is 1.20 bits per heavy atom. The van der Waals surface area contributed by atoms with Crippen molar-refractivity contribution in [1.82, 2.24) is 5.32 Å². The lowest BCUT2D eigenvalue weighted by atomic mass is 9.65. The second kappa shape index (κ2) is 5.91. The molecule has 0 bridgehead atoms. The predicted octanol–water partition coefficient (Wildman–Crippen LogP) is 1.71. The second-order valence-electron chi connectivity index (χ2n) is 6.88. The molecule has 0 amide bonds. The van der Waals surface area contributed by atoms with Gasteiger partial charge in [0.2, 0.25) is 0 Å². The van der Waals surface area contributed by atoms with Gasteiger partial charge in [-0.2, -0.15) is 0 Å². The van der Waals surface area contributed by atoms with E-state index < -0.39 is 5.60 Å². The highest BCUT2D eigenvalue weighted by Gasteiger charge is 2.50. The van der Waals surface area contributed by atoms with Gasteiger partial charge in [-0.15, -0.1) is 0 Å². The van der Waals surface area contributed by atoms with E-state index >= 15 is 0 Å². The van der Waals surface area contributed by atoms with Gasteiger partial charge < -0.3 is 19.9 Å². The van der Waals surface area contributed by atoms with Crippen molar-refractivity contribution < 1.29 is 14.6 Å². The number of hydrogen-bond donors (Lipinski definition) is 2. The van der Waals surface area contributed by atoms with Crippen molar-refractivity contribution in [3.63, 3.8) is 0 Å². The molecule has 3 saturated heterocycles. The zero-order valence-corrected chi connectivity index (χ0v) is 12.7. The zero-order valence-electron chi connectivity index (χ0n) is 12.7. The van der Waals surface area contributed by atoms with E-state index in [4.69, 9.17) is 9.47 Å². The van der Waals surface area contributed by atoms with Crippen LogP contribution in [-0.2, 0) is 9.47 Å². The summed E-state index contributed by atoms with van der Waals surface area (Å²) in [4.78, 5) is 0. The first-order valence-electron chi connectivity index (χ1n) is 8.33. The summed E-state index contributed by atoms with van der Waals surface area (Å²) < 4.78 is 11.6. The van der Waals surface area contributed by atoms with E-state index in [-0.39, 0.29) is 5.60 Å². The maximum Gasteiger partial charge on any atom is 0.0730 e. The van der Waals surface area contributed by atoms with Gasteiger partial charge in [0.15, 0.2) is 0 Å². The third-order valence-electron chi connectivity index (χ3n) is 5.90. The van der Waals surface area contributed by atoms with E-state index in [1.54, 1.807) is 0 Å². The first-order valence-corrected chi connectivity index (χ1v) is 8.33. The highest BCUT2D eigenvalue weighted by Crippen LogP contribution is 2.45. The maximum absolute atomic E-state index is 11.3. The van der Waals surface area contributed by atoms with Crippen LogP contribution < -0.4 is 5.32 Å². The fraction of sp³-hybridized carbons (Fsp3) is 1.00. The molecule has 3 aliphatic rings. The Bertz CT molecular complexity index is 324. The molecule has 0 aromatic heterocycles. The van der Waals surface area contributed by atoms with Gasteiger partial charge in [0.25, 0.3) is 0 Å². The van der Waals surface area contributed by atoms with Crippen LogP contribution in [0.4, 0.5) is 0 Å². The highest BCUT2D eigenvalue weighted by atomic mass is 16.5. The molecule has 0 saturated carbocycles. The minimum absolute atomic E-state index is 0.0138. The molecule has 0 aliphatic carbocycles. The number of rotatable bonds is 2. The summed E-state index contributed by atoms with van der Waals surface area (Å²) in [6.45, 7) is 6.53. The van der Waals surface area contributed by atoms with Crippen LogP contribution >= 0.6 is 0 Å². The van der Waals surface area contributed by atoms with Crippen LogP contribution in [0.2, 0.25) is 0 Å². The molecular formula is C16H29NO3. The monoisotopic (exact) mass is 283 g/mol. The van der Waals surface area contributed by atoms with E-state index in [1.165, 1.54) is 0 Å². The van der Waals surface area contributed by atoms with E-state index in [9.17, 15) is 5.11 Å². The Morgan fingerprint density at radius 2 is 2.00 bits per heavy atom. The topological polar surface area (TPSA) is 50.7 Å². The van der Waals surface area contributed by atoms with Crippen LogP contribution in [0.3, 0.4) is 0 Å². The largest absolute Gasteiger partial charge is 0.389 e. The van der Waals surface area contributed by atoms with E-state index in [1.807, 2.05) is 0 Å². The van der Waals surface area contributed by atoms with Gasteiger partial charge >= 0.3 is 0 Å². The molecule has 3 heterocycles. The Balaban J connectivity index is 1.74. The van der Waals surface area contributed by atoms with Crippen LogP contribution in [0.1, 0.15) is 45.4 Å². The van der Waals surface area contributed by atoms with Crippen molar-refractivity contribution in [3.05, 3.63) is 0 Å². The summed E-state index contributed by atoms with van der Waals surface area (Å²) in [7, 11) is 0. The molecule has 20 heavy (non-hydrogen) atoms. The van der Waals surface area contributed by atoms with Crippen molar-refractivity contribution >= 4 is 0 Å². The molecule has 0 aromatic carbocycles. The Hall–Kier alpha value is -0.160. The Labute approximate surface area is 122 Å². The fourth-order valence-corrected chi connectivity index (χ4v) is 4.53. The van der Waals surface area contributed by atoms with Crippen molar-refractivity contribution in [2.75, 3.05) is 32.9 Å². The van der Waals surface area contributed by atoms with Gasteiger partial charge in [0.1, 0.15) is 0 Å². The van der Waals surface area contributed by atoms with Crippen molar-refractivity contribution in [3.8, 4) is 0 Å². The van der Waals surface area contributed by atoms with Crippen LogP contribution in [0.15, 0.2) is 0 Å². The molecular weight excluding hydrogens is 254 g/mol. The number of nitrogens with one attached hydrogen (secondary N) is 1. The van der Waals surface area contributed by atoms with E-state index in [2.05, 4.69) is 12.2 Å². The number of ether oxygens (including phenoxy) is 2. The van der Waals surface area contributed by atoms with Crippen molar-refractivity contribution in [1.29, 1.82) is 0 Å². The Kier molecular flexibility index (Phi) is 4.37. The number of aliphatic hydroxyl groups is 1. The predicted molar refractivity (Wildman–Crippen MR) is 77.7 cm³/mol. The summed E-state index contributed by atoms with van der Waals surface area (Å²) in [5.74, 6) is 0.776. The minimum Gasteiger partial charge on any atom is -0.389 e. The SMILES string of the molecule is CCC1CNCCC1(O)C1CCOC2(CCOCC2)C1. The highest BCUT2D eigenvalue weighted by molar-refractivity contribution is 5.01. The lowest BCUT2D eigenvalue weighted by molar-refractivity contribution is -0.190. The maximum atomic E-state index is 11.3. The van der Waals surface area contributed by atoms with Crippen LogP contribution in [0.5, 0.6) is 0 Å². The van der Waals surface area contributed by atoms with E-state index in [0.717, 1.165) is 71.4 Å². The molecule has 116 valence electrons. The van der Waals surface area contributed by atoms with Gasteiger partial charge in [0, 0.05) is 32.3 Å². The quantitative estimate of drug-likeness (QED) is 0.810. The average Bonchev–Trinajstić information content (AvgIpc) is 2.48. The molecule has 3 aliphatic heterocycles. The molecule has 3 rings (SSSR count). The van der Waals surface area contributed by atoms with Crippen molar-refractivity contribution in [2.45, 2.75) is 56.7 Å². The summed E-state index contributed by atoms with van der Waals surface area (Å²) in [6, 6.07) is 0. The summed E-state index contributed by atoms with van der Waals surface area (Å²) in [6.07, 6.45) is 5.96. The molecule has 1 spiro atoms. The summed E-state index contributed by atoms with van der Waals surface area (Å²) in [5, 5.41) is 14.8. The molecule has 3 fully saturated rings. The van der Waals surface area contributed by atoms with Crippen LogP contribution in [-0.4, -0.2) is 49.2 Å². The Morgan fingerprint density at radius 3 is 2.75 bits per heavy atom. The number of piperidine rings is 1. The standard InChI is InChI=1S/C16H29NO3/c1-2-13-12-17-7-4-16(13,18)14-3-8-20-15(11-14)5-9-19-10-6-15/h13-14,17-18H,2-12H2,1H3. The van der Waals surface area contributed by atoms with Gasteiger partial charge in [-0.1, -0.05) is 6.92 Å². The van der Waals surface area contributed by atoms with Crippen LogP contribution in [0.25, 0.3) is 0 Å². The first kappa shape index (κ1) is 14.8. The second-order valence-corrected chi connectivity index (χ2v) is 6.88. The molecule has 0 aromatic rings. The van der Waals surface area contributed by atoms with Crippen molar-refractivity contribution in [2.24, 2.45) is 11.8 Å². The van der Waals surface area contributed by atoms with Crippen LogP contribution in [0, 0.1) is 11.8 Å². The average molecular weight is 283 g/mol. The van der Waals surface area contributed by atoms with Gasteiger partial charge in [-0.3, -0.25) is 0 Å². The fourth-order valence-electron chi connectivity index (χ4n) is 4.53. The molecule has 4 heteroatoms. The number of hydrogen-bond acceptors (Lipinski definition) is 4. The summed E-state index contributed by atoms with van der Waals surface area (Å²) >= 11 is 0. The molecule has 3 atom stereocenters. The third kappa shape index (κ3) is 2.63. The first-order chi connectivity index (χ1) is 9.69. The van der Waals surface area contributed by atoms with Gasteiger partial charge in [0.05, 0.1) is 11.2 Å². The van der Waals surface area contributed by atoms with Gasteiger partial charge in [-0.25, -0.2) is 0 Å². The zero-order chi connectivity index (χ0) is 14.1. The third-order valence-corrected chi connectivity index (χ3v) is 5.90. The molecule has 4 nitrogen and oxygen atoms in total. The molecule has 0 radical (unpaired) electrons. The minimum atomic E-state index is -0.491. The summed E-state index contributed by atoms with van der Waals surface area (Å²) in [5.41, 5.74) is -0.505. The lowest BCUT2D eigenvalue weighted by Gasteiger charge is -2.52. The smallest absolute Gasteiger partial charge is 0.0730 e.